The number of carbonyl (C=O) groups excluding carboxylic acids is 1. The Morgan fingerprint density at radius 3 is 2.44 bits per heavy atom. The molecule has 0 radical (unpaired) electrons. The van der Waals surface area contributed by atoms with Crippen LogP contribution in [0.2, 0.25) is 0 Å². The summed E-state index contributed by atoms with van der Waals surface area (Å²) in [6.45, 7) is 6.65. The van der Waals surface area contributed by atoms with Gasteiger partial charge in [0, 0.05) is 31.7 Å². The number of rotatable bonds is 5. The normalized spacial score (nSPS) is 14.7. The average molecular weight is 340 g/mol. The van der Waals surface area contributed by atoms with Crippen LogP contribution in [0.3, 0.4) is 0 Å². The molecule has 1 aliphatic heterocycles. The number of aliphatic hydroxyl groups is 1. The van der Waals surface area contributed by atoms with Crippen LogP contribution < -0.4 is 5.32 Å². The molecule has 0 saturated heterocycles. The summed E-state index contributed by atoms with van der Waals surface area (Å²) in [6.07, 6.45) is 0.451. The molecule has 4 nitrogen and oxygen atoms in total. The molecule has 1 aliphatic rings. The number of aliphatic hydroxyl groups excluding tert-OH is 1. The van der Waals surface area contributed by atoms with Crippen molar-refractivity contribution in [3.05, 3.63) is 71.3 Å². The minimum atomic E-state index is -0.562. The highest BCUT2D eigenvalue weighted by atomic mass is 16.3. The zero-order valence-electron chi connectivity index (χ0n) is 15.1. The Balaban J connectivity index is 0.00000109. The van der Waals surface area contributed by atoms with Crippen LogP contribution in [0.5, 0.6) is 0 Å². The van der Waals surface area contributed by atoms with Gasteiger partial charge in [0.1, 0.15) is 0 Å². The lowest BCUT2D eigenvalue weighted by Gasteiger charge is -2.30. The Hall–Kier alpha value is -2.17. The molecule has 1 atom stereocenters. The first-order chi connectivity index (χ1) is 12.2. The maximum Gasteiger partial charge on any atom is 0.251 e. The maximum absolute atomic E-state index is 12.0. The van der Waals surface area contributed by atoms with E-state index in [4.69, 9.17) is 0 Å². The van der Waals surface area contributed by atoms with E-state index in [1.807, 2.05) is 32.0 Å². The molecular formula is C21H28N2O2. The van der Waals surface area contributed by atoms with E-state index in [-0.39, 0.29) is 12.5 Å². The van der Waals surface area contributed by atoms with E-state index in [1.54, 1.807) is 12.1 Å². The maximum atomic E-state index is 12.0. The first-order valence-electron chi connectivity index (χ1n) is 9.03. The number of carbonyl (C=O) groups is 1. The summed E-state index contributed by atoms with van der Waals surface area (Å²) >= 11 is 0. The molecule has 0 spiro atoms. The number of hydrogen-bond donors (Lipinski definition) is 2. The zero-order valence-corrected chi connectivity index (χ0v) is 15.1. The Morgan fingerprint density at radius 1 is 1.08 bits per heavy atom. The summed E-state index contributed by atoms with van der Waals surface area (Å²) in [5, 5.41) is 13.0. The lowest BCUT2D eigenvalue weighted by molar-refractivity contribution is 0.0842. The molecule has 2 N–H and O–H groups in total. The minimum Gasteiger partial charge on any atom is -0.390 e. The third kappa shape index (κ3) is 5.69. The largest absolute Gasteiger partial charge is 0.390 e. The second-order valence-corrected chi connectivity index (χ2v) is 5.98. The second-order valence-electron chi connectivity index (χ2n) is 5.98. The van der Waals surface area contributed by atoms with Crippen LogP contribution in [0.15, 0.2) is 54.6 Å². The molecule has 2 aromatic carbocycles. The van der Waals surface area contributed by atoms with Gasteiger partial charge in [-0.25, -0.2) is 0 Å². The first-order valence-corrected chi connectivity index (χ1v) is 9.03. The van der Waals surface area contributed by atoms with Crippen LogP contribution >= 0.6 is 0 Å². The summed E-state index contributed by atoms with van der Waals surface area (Å²) in [6, 6.07) is 17.5. The number of benzene rings is 2. The number of amides is 1. The van der Waals surface area contributed by atoms with Crippen LogP contribution in [0.25, 0.3) is 0 Å². The Morgan fingerprint density at radius 2 is 1.72 bits per heavy atom. The predicted molar refractivity (Wildman–Crippen MR) is 102 cm³/mol. The van der Waals surface area contributed by atoms with E-state index >= 15 is 0 Å². The van der Waals surface area contributed by atoms with E-state index in [0.717, 1.165) is 19.5 Å². The number of β-amino-alcohol motifs (C(OH)–C–C–N with tert-alkyl or cyclic N) is 1. The summed E-state index contributed by atoms with van der Waals surface area (Å²) < 4.78 is 0. The van der Waals surface area contributed by atoms with Crippen molar-refractivity contribution in [3.8, 4) is 0 Å². The monoisotopic (exact) mass is 340 g/mol. The quantitative estimate of drug-likeness (QED) is 0.880. The molecule has 0 unspecified atom stereocenters. The number of fused-ring (bicyclic) bond motifs is 1. The number of hydrogen-bond acceptors (Lipinski definition) is 3. The second kappa shape index (κ2) is 9.97. The molecular weight excluding hydrogens is 312 g/mol. The molecule has 0 bridgehead atoms. The molecule has 3 rings (SSSR count). The van der Waals surface area contributed by atoms with Gasteiger partial charge in [-0.3, -0.25) is 9.69 Å². The fourth-order valence-corrected chi connectivity index (χ4v) is 2.97. The highest BCUT2D eigenvalue weighted by Gasteiger charge is 2.18. The van der Waals surface area contributed by atoms with Crippen LogP contribution in [0.4, 0.5) is 0 Å². The van der Waals surface area contributed by atoms with Gasteiger partial charge in [-0.1, -0.05) is 56.3 Å². The van der Waals surface area contributed by atoms with E-state index in [9.17, 15) is 9.90 Å². The van der Waals surface area contributed by atoms with E-state index < -0.39 is 6.10 Å². The SMILES string of the molecule is CC.O=C(NC[C@@H](O)CN1CCc2ccccc2C1)c1ccccc1. The number of nitrogens with zero attached hydrogens (tertiary/aromatic N) is 1. The minimum absolute atomic E-state index is 0.145. The first kappa shape index (κ1) is 19.2. The molecule has 0 fully saturated rings. The highest BCUT2D eigenvalue weighted by Crippen LogP contribution is 2.18. The zero-order chi connectivity index (χ0) is 18.1. The van der Waals surface area contributed by atoms with Gasteiger partial charge >= 0.3 is 0 Å². The molecule has 1 heterocycles. The van der Waals surface area contributed by atoms with Crippen molar-refractivity contribution < 1.29 is 9.90 Å². The lowest BCUT2D eigenvalue weighted by atomic mass is 10.00. The summed E-state index contributed by atoms with van der Waals surface area (Å²) in [7, 11) is 0. The van der Waals surface area contributed by atoms with Crippen molar-refractivity contribution >= 4 is 5.91 Å². The fourth-order valence-electron chi connectivity index (χ4n) is 2.97. The molecule has 4 heteroatoms. The third-order valence-corrected chi connectivity index (χ3v) is 4.21. The summed E-state index contributed by atoms with van der Waals surface area (Å²) in [5.74, 6) is -0.145. The molecule has 134 valence electrons. The number of nitrogens with one attached hydrogen (secondary N) is 1. The molecule has 0 aliphatic carbocycles. The van der Waals surface area contributed by atoms with Crippen LogP contribution in [-0.4, -0.2) is 41.7 Å². The molecule has 25 heavy (non-hydrogen) atoms. The fraction of sp³-hybridized carbons (Fsp3) is 0.381. The van der Waals surface area contributed by atoms with E-state index in [2.05, 4.69) is 34.5 Å². The molecule has 0 aromatic heterocycles. The smallest absolute Gasteiger partial charge is 0.251 e. The van der Waals surface area contributed by atoms with Gasteiger partial charge in [0.25, 0.3) is 5.91 Å². The van der Waals surface area contributed by atoms with E-state index in [0.29, 0.717) is 12.1 Å². The third-order valence-electron chi connectivity index (χ3n) is 4.21. The van der Waals surface area contributed by atoms with Crippen molar-refractivity contribution in [2.75, 3.05) is 19.6 Å². The van der Waals surface area contributed by atoms with Gasteiger partial charge < -0.3 is 10.4 Å². The van der Waals surface area contributed by atoms with Gasteiger partial charge in [-0.2, -0.15) is 0 Å². The lowest BCUT2D eigenvalue weighted by Crippen LogP contribution is -2.42. The Kier molecular flexibility index (Phi) is 7.64. The van der Waals surface area contributed by atoms with Crippen molar-refractivity contribution in [2.45, 2.75) is 32.9 Å². The van der Waals surface area contributed by atoms with Crippen LogP contribution in [0, 0.1) is 0 Å². The Labute approximate surface area is 150 Å². The van der Waals surface area contributed by atoms with Crippen molar-refractivity contribution in [1.82, 2.24) is 10.2 Å². The Bertz CT molecular complexity index is 658. The van der Waals surface area contributed by atoms with Crippen LogP contribution in [0.1, 0.15) is 35.3 Å². The summed E-state index contributed by atoms with van der Waals surface area (Å²) in [5.41, 5.74) is 3.35. The molecule has 2 aromatic rings. The van der Waals surface area contributed by atoms with Crippen molar-refractivity contribution in [2.24, 2.45) is 0 Å². The highest BCUT2D eigenvalue weighted by molar-refractivity contribution is 5.94. The van der Waals surface area contributed by atoms with Crippen LogP contribution in [-0.2, 0) is 13.0 Å². The topological polar surface area (TPSA) is 52.6 Å². The standard InChI is InChI=1S/C19H22N2O2.C2H6/c22-18(12-20-19(23)16-7-2-1-3-8-16)14-21-11-10-15-6-4-5-9-17(15)13-21;1-2/h1-9,18,22H,10-14H2,(H,20,23);1-2H3/t18-;/m1./s1. The summed E-state index contributed by atoms with van der Waals surface area (Å²) in [4.78, 5) is 14.2. The van der Waals surface area contributed by atoms with Gasteiger partial charge in [-0.15, -0.1) is 0 Å². The van der Waals surface area contributed by atoms with Gasteiger partial charge in [-0.05, 0) is 29.7 Å². The molecule has 1 amide bonds. The van der Waals surface area contributed by atoms with Gasteiger partial charge in [0.05, 0.1) is 6.10 Å². The predicted octanol–water partition coefficient (Wildman–Crippen LogP) is 2.86. The van der Waals surface area contributed by atoms with Gasteiger partial charge in [0.2, 0.25) is 0 Å². The van der Waals surface area contributed by atoms with Gasteiger partial charge in [0.15, 0.2) is 0 Å². The molecule has 0 saturated carbocycles. The van der Waals surface area contributed by atoms with Crippen molar-refractivity contribution in [1.29, 1.82) is 0 Å². The van der Waals surface area contributed by atoms with E-state index in [1.165, 1.54) is 11.1 Å². The van der Waals surface area contributed by atoms with Crippen molar-refractivity contribution in [3.63, 3.8) is 0 Å². The average Bonchev–Trinajstić information content (AvgIpc) is 2.68.